The fourth-order valence-electron chi connectivity index (χ4n) is 0.570. The van der Waals surface area contributed by atoms with Crippen molar-refractivity contribution in [2.24, 2.45) is 0 Å². The number of rotatable bonds is 0. The molecule has 0 aliphatic rings. The molecule has 0 N–H and O–H groups in total. The Morgan fingerprint density at radius 2 is 1.75 bits per heavy atom. The minimum absolute atomic E-state index is 0. The molecule has 0 aliphatic heterocycles. The number of halogens is 4. The summed E-state index contributed by atoms with van der Waals surface area (Å²) in [7, 11) is 0. The van der Waals surface area contributed by atoms with Crippen LogP contribution in [0.4, 0.5) is 13.2 Å². The van der Waals surface area contributed by atoms with Crippen LogP contribution in [0.25, 0.3) is 0 Å². The Labute approximate surface area is 124 Å². The zero-order valence-corrected chi connectivity index (χ0v) is 9.46. The van der Waals surface area contributed by atoms with Gasteiger partial charge in [0.2, 0.25) is 0 Å². The van der Waals surface area contributed by atoms with Crippen molar-refractivity contribution in [1.82, 2.24) is 0 Å². The monoisotopic (exact) mass is 446 g/mol. The van der Waals surface area contributed by atoms with Crippen molar-refractivity contribution in [2.75, 3.05) is 0 Å². The summed E-state index contributed by atoms with van der Waals surface area (Å²) < 4.78 is 35.3. The van der Waals surface area contributed by atoms with Crippen LogP contribution in [0.3, 0.4) is 0 Å². The van der Waals surface area contributed by atoms with Crippen LogP contribution in [0.5, 0.6) is 0 Å². The summed E-state index contributed by atoms with van der Waals surface area (Å²) in [5.41, 5.74) is -0.727. The maximum absolute atomic E-state index is 11.8. The van der Waals surface area contributed by atoms with E-state index in [-0.39, 0.29) is 70.9 Å². The van der Waals surface area contributed by atoms with E-state index < -0.39 is 11.7 Å². The maximum Gasteiger partial charge on any atom is 0.417 e. The summed E-state index contributed by atoms with van der Waals surface area (Å²) in [6.45, 7) is 0. The topological polar surface area (TPSA) is 0 Å². The van der Waals surface area contributed by atoms with Crippen molar-refractivity contribution in [1.29, 1.82) is 0 Å². The van der Waals surface area contributed by atoms with Crippen molar-refractivity contribution in [3.63, 3.8) is 0 Å². The Hall–Kier alpha value is 1.26. The molecule has 0 unspecified atom stereocenters. The molecular formula is C7H4F3IYb-. The van der Waals surface area contributed by atoms with Crippen LogP contribution in [-0.2, 0) is 6.18 Å². The van der Waals surface area contributed by atoms with Crippen LogP contribution >= 0.6 is 0 Å². The minimum Gasteiger partial charge on any atom is -1.00 e. The van der Waals surface area contributed by atoms with Crippen molar-refractivity contribution in [2.45, 2.75) is 6.18 Å². The molecule has 0 spiro atoms. The van der Waals surface area contributed by atoms with Gasteiger partial charge in [-0.2, -0.15) is 13.2 Å². The van der Waals surface area contributed by atoms with Gasteiger partial charge in [0, 0.05) is 46.9 Å². The Bertz CT molecular complexity index is 210. The van der Waals surface area contributed by atoms with Crippen LogP contribution in [0, 0.1) is 53.0 Å². The predicted molar refractivity (Wildman–Crippen MR) is 30.3 cm³/mol. The zero-order chi connectivity index (χ0) is 7.61. The van der Waals surface area contributed by atoms with Crippen LogP contribution < -0.4 is 24.0 Å². The van der Waals surface area contributed by atoms with E-state index in [9.17, 15) is 13.2 Å². The summed E-state index contributed by atoms with van der Waals surface area (Å²) in [5, 5.41) is 0. The smallest absolute Gasteiger partial charge is 0.417 e. The van der Waals surface area contributed by atoms with Crippen LogP contribution in [0.1, 0.15) is 5.56 Å². The van der Waals surface area contributed by atoms with Gasteiger partial charge in [0.1, 0.15) is 0 Å². The molecule has 0 fully saturated rings. The van der Waals surface area contributed by atoms with Gasteiger partial charge in [-0.15, -0.1) is 0 Å². The summed E-state index contributed by atoms with van der Waals surface area (Å²) in [4.78, 5) is 0. The Kier molecular flexibility index (Phi) is 8.74. The number of benzene rings is 1. The van der Waals surface area contributed by atoms with Crippen LogP contribution in [0.2, 0.25) is 0 Å². The van der Waals surface area contributed by atoms with Crippen molar-refractivity contribution >= 4 is 0 Å². The van der Waals surface area contributed by atoms with Gasteiger partial charge in [-0.1, -0.05) is 18.2 Å². The third-order valence-corrected chi connectivity index (χ3v) is 1.01. The summed E-state index contributed by atoms with van der Waals surface area (Å²) in [5.74, 6) is 0. The number of hydrogen-bond acceptors (Lipinski definition) is 0. The van der Waals surface area contributed by atoms with Gasteiger partial charge in [0.05, 0.1) is 5.56 Å². The molecule has 0 saturated carbocycles. The molecule has 5 heteroatoms. The molecule has 0 atom stereocenters. The second-order valence-electron chi connectivity index (χ2n) is 1.77. The molecule has 1 rings (SSSR count). The molecule has 12 heavy (non-hydrogen) atoms. The normalized spacial score (nSPS) is 9.58. The van der Waals surface area contributed by atoms with Crippen molar-refractivity contribution < 1.29 is 84.1 Å². The van der Waals surface area contributed by atoms with E-state index in [1.54, 1.807) is 0 Å². The van der Waals surface area contributed by atoms with E-state index >= 15 is 0 Å². The fraction of sp³-hybridized carbons (Fsp3) is 0.143. The van der Waals surface area contributed by atoms with Gasteiger partial charge in [0.15, 0.2) is 0 Å². The first kappa shape index (κ1) is 15.7. The van der Waals surface area contributed by atoms with E-state index in [2.05, 4.69) is 6.07 Å². The first-order chi connectivity index (χ1) is 4.61. The molecular weight excluding hydrogens is 441 g/mol. The molecule has 0 bridgehead atoms. The van der Waals surface area contributed by atoms with Gasteiger partial charge in [-0.3, -0.25) is 0 Å². The van der Waals surface area contributed by atoms with Crippen LogP contribution in [0.15, 0.2) is 24.3 Å². The quantitative estimate of drug-likeness (QED) is 0.474. The Balaban J connectivity index is 0. The second-order valence-corrected chi connectivity index (χ2v) is 1.77. The van der Waals surface area contributed by atoms with Crippen LogP contribution in [-0.4, -0.2) is 0 Å². The second kappa shape index (κ2) is 6.67. The van der Waals surface area contributed by atoms with Gasteiger partial charge in [-0.05, 0) is 12.1 Å². The number of alkyl halides is 3. The molecule has 1 radical (unpaired) electrons. The van der Waals surface area contributed by atoms with Gasteiger partial charge >= 0.3 is 6.18 Å². The maximum atomic E-state index is 11.8. The Morgan fingerprint density at radius 1 is 1.17 bits per heavy atom. The van der Waals surface area contributed by atoms with E-state index in [0.717, 1.165) is 6.07 Å². The zero-order valence-electron chi connectivity index (χ0n) is 5.59. The SMILES string of the molecule is FC(F)(F)c1[c]cccc1.[I-].[Yb]. The third kappa shape index (κ3) is 5.09. The molecule has 1 aromatic rings. The molecule has 0 nitrogen and oxygen atoms in total. The molecule has 75 valence electrons. The van der Waals surface area contributed by atoms with E-state index in [4.69, 9.17) is 0 Å². The van der Waals surface area contributed by atoms with Crippen molar-refractivity contribution in [3.8, 4) is 0 Å². The minimum atomic E-state index is -4.26. The molecule has 0 heterocycles. The molecule has 0 aromatic heterocycles. The van der Waals surface area contributed by atoms with E-state index in [1.807, 2.05) is 0 Å². The first-order valence-corrected chi connectivity index (χ1v) is 2.64. The molecule has 0 saturated heterocycles. The van der Waals surface area contributed by atoms with E-state index in [0.29, 0.717) is 0 Å². The van der Waals surface area contributed by atoms with Gasteiger partial charge in [-0.25, -0.2) is 0 Å². The first-order valence-electron chi connectivity index (χ1n) is 2.64. The van der Waals surface area contributed by atoms with E-state index in [1.165, 1.54) is 18.2 Å². The van der Waals surface area contributed by atoms with Gasteiger partial charge in [0.25, 0.3) is 0 Å². The summed E-state index contributed by atoms with van der Waals surface area (Å²) in [6, 6.07) is 7.14. The summed E-state index contributed by atoms with van der Waals surface area (Å²) in [6.07, 6.45) is -4.26. The van der Waals surface area contributed by atoms with Crippen molar-refractivity contribution in [3.05, 3.63) is 35.9 Å². The van der Waals surface area contributed by atoms with Gasteiger partial charge < -0.3 is 24.0 Å². The molecule has 0 amide bonds. The third-order valence-electron chi connectivity index (χ3n) is 1.01. The molecule has 1 aromatic carbocycles. The fourth-order valence-corrected chi connectivity index (χ4v) is 0.570. The average molecular weight is 445 g/mol. The standard InChI is InChI=1S/C7H4F3.HI.Yb/c8-7(9,10)6-4-2-1-3-5-6;;/h1-4H;1H;/p-1. The largest absolute Gasteiger partial charge is 1.00 e. The average Bonchev–Trinajstić information content (AvgIpc) is 1.88. The Morgan fingerprint density at radius 3 is 2.00 bits per heavy atom. The molecule has 0 aliphatic carbocycles. The number of hydrogen-bond donors (Lipinski definition) is 0. The summed E-state index contributed by atoms with van der Waals surface area (Å²) >= 11 is 0. The predicted octanol–water partition coefficient (Wildman–Crippen LogP) is -0.490.